The Kier molecular flexibility index (Phi) is 6.03. The number of nitrogens with zero attached hydrogens (tertiary/aromatic N) is 5. The average molecular weight is 448 g/mol. The minimum atomic E-state index is 0.277. The predicted molar refractivity (Wildman–Crippen MR) is 131 cm³/mol. The van der Waals surface area contributed by atoms with Gasteiger partial charge in [0.15, 0.2) is 17.0 Å². The van der Waals surface area contributed by atoms with Crippen molar-refractivity contribution in [1.82, 2.24) is 24.5 Å². The lowest BCUT2D eigenvalue weighted by Crippen LogP contribution is -2.24. The predicted octanol–water partition coefficient (Wildman–Crippen LogP) is 5.89. The van der Waals surface area contributed by atoms with E-state index in [-0.39, 0.29) is 6.04 Å². The van der Waals surface area contributed by atoms with Crippen molar-refractivity contribution in [2.75, 3.05) is 10.6 Å². The first kappa shape index (κ1) is 20.9. The van der Waals surface area contributed by atoms with Gasteiger partial charge in [0.25, 0.3) is 0 Å². The molecule has 4 heterocycles. The first-order chi connectivity index (χ1) is 15.7. The van der Waals surface area contributed by atoms with Crippen molar-refractivity contribution in [3.8, 4) is 10.6 Å². The molecule has 1 saturated carbocycles. The number of rotatable bonds is 7. The van der Waals surface area contributed by atoms with Crippen LogP contribution in [-0.2, 0) is 6.54 Å². The molecular formula is C24H29N7S. The van der Waals surface area contributed by atoms with Crippen molar-refractivity contribution < 1.29 is 0 Å². The summed E-state index contributed by atoms with van der Waals surface area (Å²) in [7, 11) is 0. The minimum Gasteiger partial charge on any atom is -0.364 e. The van der Waals surface area contributed by atoms with Gasteiger partial charge in [0.05, 0.1) is 16.9 Å². The van der Waals surface area contributed by atoms with Gasteiger partial charge in [0.2, 0.25) is 5.95 Å². The van der Waals surface area contributed by atoms with Crippen LogP contribution in [0.5, 0.6) is 0 Å². The monoisotopic (exact) mass is 447 g/mol. The van der Waals surface area contributed by atoms with Crippen LogP contribution in [0.4, 0.5) is 11.8 Å². The van der Waals surface area contributed by atoms with E-state index in [2.05, 4.69) is 62.6 Å². The summed E-state index contributed by atoms with van der Waals surface area (Å²) in [4.78, 5) is 20.1. The van der Waals surface area contributed by atoms with Gasteiger partial charge in [0.1, 0.15) is 0 Å². The molecule has 0 aromatic carbocycles. The molecule has 32 heavy (non-hydrogen) atoms. The third-order valence-electron chi connectivity index (χ3n) is 5.97. The number of thiophene rings is 1. The zero-order valence-corrected chi connectivity index (χ0v) is 19.4. The van der Waals surface area contributed by atoms with Gasteiger partial charge in [0, 0.05) is 24.8 Å². The van der Waals surface area contributed by atoms with Crippen LogP contribution < -0.4 is 10.6 Å². The summed E-state index contributed by atoms with van der Waals surface area (Å²) in [6.45, 7) is 4.91. The van der Waals surface area contributed by atoms with Gasteiger partial charge in [-0.15, -0.1) is 11.3 Å². The molecule has 0 saturated heterocycles. The van der Waals surface area contributed by atoms with Crippen LogP contribution in [0, 0.1) is 0 Å². The number of anilines is 2. The highest BCUT2D eigenvalue weighted by molar-refractivity contribution is 7.13. The highest BCUT2D eigenvalue weighted by Gasteiger charge is 2.18. The van der Waals surface area contributed by atoms with Gasteiger partial charge in [-0.05, 0) is 49.8 Å². The maximum Gasteiger partial charge on any atom is 0.227 e. The lowest BCUT2D eigenvalue weighted by atomic mass is 9.96. The fourth-order valence-corrected chi connectivity index (χ4v) is 4.90. The van der Waals surface area contributed by atoms with Crippen LogP contribution in [0.1, 0.15) is 57.6 Å². The molecule has 1 aliphatic rings. The SMILES string of the molecule is CC(C)n1cnc2c(NCc3ccc(-c4cccs4)nc3)nc(NC3CCCCC3)nc21. The van der Waals surface area contributed by atoms with Crippen molar-refractivity contribution in [3.63, 3.8) is 0 Å². The molecule has 0 aliphatic heterocycles. The topological polar surface area (TPSA) is 80.5 Å². The Balaban J connectivity index is 1.39. The lowest BCUT2D eigenvalue weighted by Gasteiger charge is -2.23. The van der Waals surface area contributed by atoms with Gasteiger partial charge in [-0.1, -0.05) is 31.4 Å². The molecule has 0 radical (unpaired) electrons. The molecule has 0 unspecified atom stereocenters. The zero-order valence-electron chi connectivity index (χ0n) is 18.6. The highest BCUT2D eigenvalue weighted by Crippen LogP contribution is 2.27. The van der Waals surface area contributed by atoms with Gasteiger partial charge < -0.3 is 15.2 Å². The van der Waals surface area contributed by atoms with E-state index in [4.69, 9.17) is 9.97 Å². The van der Waals surface area contributed by atoms with Crippen LogP contribution in [0.25, 0.3) is 21.7 Å². The molecule has 7 nitrogen and oxygen atoms in total. The maximum atomic E-state index is 4.83. The molecule has 2 N–H and O–H groups in total. The van der Waals surface area contributed by atoms with E-state index in [1.807, 2.05) is 18.6 Å². The van der Waals surface area contributed by atoms with E-state index in [1.54, 1.807) is 11.3 Å². The van der Waals surface area contributed by atoms with E-state index in [9.17, 15) is 0 Å². The van der Waals surface area contributed by atoms with Crippen LogP contribution in [0.3, 0.4) is 0 Å². The smallest absolute Gasteiger partial charge is 0.227 e. The molecule has 0 amide bonds. The lowest BCUT2D eigenvalue weighted by molar-refractivity contribution is 0.461. The van der Waals surface area contributed by atoms with E-state index >= 15 is 0 Å². The molecule has 166 valence electrons. The van der Waals surface area contributed by atoms with E-state index in [0.29, 0.717) is 18.5 Å². The Morgan fingerprint density at radius 3 is 2.69 bits per heavy atom. The van der Waals surface area contributed by atoms with E-state index in [0.717, 1.165) is 28.2 Å². The Morgan fingerprint density at radius 2 is 1.97 bits per heavy atom. The molecule has 5 rings (SSSR count). The number of hydrogen-bond donors (Lipinski definition) is 2. The molecule has 8 heteroatoms. The van der Waals surface area contributed by atoms with Crippen molar-refractivity contribution >= 4 is 34.3 Å². The largest absolute Gasteiger partial charge is 0.364 e. The van der Waals surface area contributed by atoms with Crippen molar-refractivity contribution in [3.05, 3.63) is 47.7 Å². The number of nitrogens with one attached hydrogen (secondary N) is 2. The third kappa shape index (κ3) is 4.46. The van der Waals surface area contributed by atoms with Gasteiger partial charge in [-0.3, -0.25) is 4.98 Å². The van der Waals surface area contributed by atoms with E-state index in [1.165, 1.54) is 37.0 Å². The summed E-state index contributed by atoms with van der Waals surface area (Å²) >= 11 is 1.70. The second kappa shape index (κ2) is 9.24. The van der Waals surface area contributed by atoms with Crippen LogP contribution in [-0.4, -0.2) is 30.5 Å². The third-order valence-corrected chi connectivity index (χ3v) is 6.87. The second-order valence-electron chi connectivity index (χ2n) is 8.68. The Hall–Kier alpha value is -3.00. The summed E-state index contributed by atoms with van der Waals surface area (Å²) in [5.74, 6) is 1.44. The second-order valence-corrected chi connectivity index (χ2v) is 9.62. The summed E-state index contributed by atoms with van der Waals surface area (Å²) in [5, 5.41) is 9.13. The van der Waals surface area contributed by atoms with Gasteiger partial charge >= 0.3 is 0 Å². The Labute approximate surface area is 192 Å². The fourth-order valence-electron chi connectivity index (χ4n) is 4.20. The zero-order chi connectivity index (χ0) is 21.9. The maximum absolute atomic E-state index is 4.83. The normalized spacial score (nSPS) is 14.8. The summed E-state index contributed by atoms with van der Waals surface area (Å²) < 4.78 is 2.10. The quantitative estimate of drug-likeness (QED) is 0.368. The molecule has 1 aliphatic carbocycles. The number of hydrogen-bond acceptors (Lipinski definition) is 7. The van der Waals surface area contributed by atoms with Crippen LogP contribution >= 0.6 is 11.3 Å². The molecule has 0 spiro atoms. The molecule has 4 aromatic rings. The number of pyridine rings is 1. The van der Waals surface area contributed by atoms with Crippen LogP contribution in [0.2, 0.25) is 0 Å². The van der Waals surface area contributed by atoms with Crippen molar-refractivity contribution in [1.29, 1.82) is 0 Å². The van der Waals surface area contributed by atoms with Gasteiger partial charge in [-0.25, -0.2) is 4.98 Å². The number of fused-ring (bicyclic) bond motifs is 1. The average Bonchev–Trinajstić information content (AvgIpc) is 3.49. The molecule has 4 aromatic heterocycles. The summed E-state index contributed by atoms with van der Waals surface area (Å²) in [6, 6.07) is 9.04. The summed E-state index contributed by atoms with van der Waals surface area (Å²) in [5.41, 5.74) is 3.77. The first-order valence-corrected chi connectivity index (χ1v) is 12.3. The standard InChI is InChI=1S/C24H29N7S/c1-16(2)31-15-27-21-22(29-24(30-23(21)31)28-18-7-4-3-5-8-18)26-14-17-10-11-19(25-13-17)20-9-6-12-32-20/h6,9-13,15-16,18H,3-5,7-8,14H2,1-2H3,(H2,26,28,29,30). The van der Waals surface area contributed by atoms with Crippen LogP contribution in [0.15, 0.2) is 42.2 Å². The minimum absolute atomic E-state index is 0.277. The van der Waals surface area contributed by atoms with Crippen molar-refractivity contribution in [2.45, 2.75) is 64.6 Å². The summed E-state index contributed by atoms with van der Waals surface area (Å²) in [6.07, 6.45) is 9.99. The molecular weight excluding hydrogens is 418 g/mol. The molecule has 1 fully saturated rings. The Bertz CT molecular complexity index is 1160. The van der Waals surface area contributed by atoms with E-state index < -0.39 is 0 Å². The Morgan fingerprint density at radius 1 is 1.09 bits per heavy atom. The first-order valence-electron chi connectivity index (χ1n) is 11.4. The number of aromatic nitrogens is 5. The fraction of sp³-hybridized carbons (Fsp3) is 0.417. The van der Waals surface area contributed by atoms with Crippen molar-refractivity contribution in [2.24, 2.45) is 0 Å². The molecule has 0 atom stereocenters. The number of imidazole rings is 1. The van der Waals surface area contributed by atoms with Gasteiger partial charge in [-0.2, -0.15) is 9.97 Å². The highest BCUT2D eigenvalue weighted by atomic mass is 32.1. The molecule has 0 bridgehead atoms.